The second-order valence-electron chi connectivity index (χ2n) is 4.81. The molecule has 0 aliphatic carbocycles. The average molecular weight is 273 g/mol. The maximum atomic E-state index is 11.6. The Labute approximate surface area is 115 Å². The zero-order valence-electron chi connectivity index (χ0n) is 10.9. The molecule has 1 N–H and O–H groups in total. The van der Waals surface area contributed by atoms with Crippen molar-refractivity contribution in [2.45, 2.75) is 20.3 Å². The van der Waals surface area contributed by atoms with Crippen LogP contribution >= 0.6 is 11.3 Å². The number of hydrogen-bond acceptors (Lipinski definition) is 3. The molecule has 3 rings (SSSR count). The molecule has 1 aliphatic heterocycles. The molecular weight excluding hydrogens is 258 g/mol. The molecule has 1 atom stereocenters. The Bertz CT molecular complexity index is 639. The van der Waals surface area contributed by atoms with Gasteiger partial charge in [0.2, 0.25) is 5.91 Å². The predicted molar refractivity (Wildman–Crippen MR) is 76.0 cm³/mol. The molecule has 0 radical (unpaired) electrons. The number of rotatable bonds is 2. The van der Waals surface area contributed by atoms with E-state index in [4.69, 9.17) is 0 Å². The number of aromatic nitrogens is 2. The molecule has 0 aromatic carbocycles. The molecule has 4 nitrogen and oxygen atoms in total. The summed E-state index contributed by atoms with van der Waals surface area (Å²) in [5, 5.41) is 4.09. The van der Waals surface area contributed by atoms with E-state index in [-0.39, 0.29) is 11.8 Å². The van der Waals surface area contributed by atoms with Crippen LogP contribution in [0.4, 0.5) is 0 Å². The number of carbonyl (C=O) groups excluding carboxylic acids is 1. The summed E-state index contributed by atoms with van der Waals surface area (Å²) >= 11 is 1.72. The summed E-state index contributed by atoms with van der Waals surface area (Å²) in [6, 6.07) is 4.20. The van der Waals surface area contributed by atoms with Crippen molar-refractivity contribution < 1.29 is 4.79 Å². The molecule has 3 heterocycles. The predicted octanol–water partition coefficient (Wildman–Crippen LogP) is 2.82. The quantitative estimate of drug-likeness (QED) is 0.914. The van der Waals surface area contributed by atoms with Gasteiger partial charge in [0.15, 0.2) is 0 Å². The van der Waals surface area contributed by atoms with Crippen LogP contribution in [0.1, 0.15) is 25.1 Å². The van der Waals surface area contributed by atoms with E-state index >= 15 is 0 Å². The number of thiophene rings is 1. The molecule has 0 saturated carbocycles. The first-order valence-corrected chi connectivity index (χ1v) is 7.06. The summed E-state index contributed by atoms with van der Waals surface area (Å²) in [7, 11) is 0. The van der Waals surface area contributed by atoms with Crippen molar-refractivity contribution in [2.75, 3.05) is 0 Å². The smallest absolute Gasteiger partial charge is 0.227 e. The first-order valence-electron chi connectivity index (χ1n) is 6.24. The van der Waals surface area contributed by atoms with Crippen LogP contribution < -0.4 is 5.32 Å². The van der Waals surface area contributed by atoms with E-state index in [0.717, 1.165) is 17.1 Å². The van der Waals surface area contributed by atoms with Crippen LogP contribution in [-0.4, -0.2) is 15.5 Å². The fourth-order valence-electron chi connectivity index (χ4n) is 2.24. The molecule has 1 aliphatic rings. The van der Waals surface area contributed by atoms with Gasteiger partial charge in [-0.25, -0.2) is 4.98 Å². The Morgan fingerprint density at radius 2 is 2.32 bits per heavy atom. The molecule has 0 saturated heterocycles. The molecule has 2 aromatic heterocycles. The van der Waals surface area contributed by atoms with Crippen LogP contribution in [-0.2, 0) is 4.79 Å². The van der Waals surface area contributed by atoms with Crippen molar-refractivity contribution in [2.24, 2.45) is 5.92 Å². The van der Waals surface area contributed by atoms with Crippen LogP contribution in [0.25, 0.3) is 10.6 Å². The molecule has 5 heteroatoms. The lowest BCUT2D eigenvalue weighted by Crippen LogP contribution is -2.32. The van der Waals surface area contributed by atoms with Crippen LogP contribution in [0.5, 0.6) is 0 Å². The van der Waals surface area contributed by atoms with E-state index in [9.17, 15) is 4.79 Å². The van der Waals surface area contributed by atoms with Gasteiger partial charge in [-0.2, -0.15) is 0 Å². The maximum Gasteiger partial charge on any atom is 0.227 e. The molecule has 2 aromatic rings. The van der Waals surface area contributed by atoms with Gasteiger partial charge in [0.1, 0.15) is 5.00 Å². The summed E-state index contributed by atoms with van der Waals surface area (Å²) in [5.41, 5.74) is 2.21. The standard InChI is InChI=1S/C14H15N3OS/c1-9-7-11(10(2)16-14(9)18)12-3-4-13(19-12)17-6-5-15-8-17/h3-6,8-9H,7H2,1-2H3,(H,16,18). The van der Waals surface area contributed by atoms with Gasteiger partial charge >= 0.3 is 0 Å². The molecule has 98 valence electrons. The first kappa shape index (κ1) is 12.2. The van der Waals surface area contributed by atoms with Gasteiger partial charge in [0.05, 0.1) is 6.33 Å². The molecule has 0 fully saturated rings. The number of allylic oxidation sites excluding steroid dienone is 2. The Kier molecular flexibility index (Phi) is 2.98. The molecule has 1 amide bonds. The largest absolute Gasteiger partial charge is 0.330 e. The fraction of sp³-hybridized carbons (Fsp3) is 0.286. The van der Waals surface area contributed by atoms with Gasteiger partial charge < -0.3 is 5.32 Å². The second kappa shape index (κ2) is 4.66. The van der Waals surface area contributed by atoms with Crippen molar-refractivity contribution in [3.05, 3.63) is 41.4 Å². The third kappa shape index (κ3) is 2.21. The number of imidazole rings is 1. The minimum atomic E-state index is 0.0393. The highest BCUT2D eigenvalue weighted by atomic mass is 32.1. The van der Waals surface area contributed by atoms with Gasteiger partial charge in [-0.05, 0) is 31.1 Å². The molecule has 0 spiro atoms. The summed E-state index contributed by atoms with van der Waals surface area (Å²) in [6.07, 6.45) is 6.30. The van der Waals surface area contributed by atoms with Gasteiger partial charge in [-0.1, -0.05) is 6.92 Å². The van der Waals surface area contributed by atoms with Crippen LogP contribution in [0, 0.1) is 5.92 Å². The fourth-order valence-corrected chi connectivity index (χ4v) is 3.31. The lowest BCUT2D eigenvalue weighted by Gasteiger charge is -2.22. The number of nitrogens with one attached hydrogen (secondary N) is 1. The van der Waals surface area contributed by atoms with Crippen molar-refractivity contribution in [3.63, 3.8) is 0 Å². The Balaban J connectivity index is 1.95. The lowest BCUT2D eigenvalue weighted by molar-refractivity contribution is -0.123. The summed E-state index contributed by atoms with van der Waals surface area (Å²) in [6.45, 7) is 3.93. The third-order valence-corrected chi connectivity index (χ3v) is 4.53. The van der Waals surface area contributed by atoms with E-state index in [1.807, 2.05) is 24.6 Å². The minimum Gasteiger partial charge on any atom is -0.330 e. The van der Waals surface area contributed by atoms with Crippen LogP contribution in [0.3, 0.4) is 0 Å². The number of nitrogens with zero attached hydrogens (tertiary/aromatic N) is 2. The van der Waals surface area contributed by atoms with Crippen LogP contribution in [0.15, 0.2) is 36.6 Å². The Morgan fingerprint density at radius 3 is 3.05 bits per heavy atom. The average Bonchev–Trinajstić information content (AvgIpc) is 3.03. The summed E-state index contributed by atoms with van der Waals surface area (Å²) in [5.74, 6) is 0.158. The third-order valence-electron chi connectivity index (χ3n) is 3.37. The summed E-state index contributed by atoms with van der Waals surface area (Å²) < 4.78 is 1.99. The zero-order chi connectivity index (χ0) is 13.4. The van der Waals surface area contributed by atoms with Gasteiger partial charge in [0.25, 0.3) is 0 Å². The minimum absolute atomic E-state index is 0.0393. The number of hydrogen-bond donors (Lipinski definition) is 1. The second-order valence-corrected chi connectivity index (χ2v) is 5.87. The first-order chi connectivity index (χ1) is 9.15. The highest BCUT2D eigenvalue weighted by Crippen LogP contribution is 2.34. The van der Waals surface area contributed by atoms with Crippen molar-refractivity contribution in [1.82, 2.24) is 14.9 Å². The molecule has 1 unspecified atom stereocenters. The Morgan fingerprint density at radius 1 is 1.47 bits per heavy atom. The lowest BCUT2D eigenvalue weighted by atomic mass is 9.94. The topological polar surface area (TPSA) is 46.9 Å². The van der Waals surface area contributed by atoms with E-state index in [2.05, 4.69) is 22.4 Å². The number of carbonyl (C=O) groups is 1. The normalized spacial score (nSPS) is 19.7. The van der Waals surface area contributed by atoms with Crippen molar-refractivity contribution >= 4 is 22.8 Å². The van der Waals surface area contributed by atoms with Crippen molar-refractivity contribution in [1.29, 1.82) is 0 Å². The summed E-state index contributed by atoms with van der Waals surface area (Å²) in [4.78, 5) is 16.9. The highest BCUT2D eigenvalue weighted by molar-refractivity contribution is 7.15. The van der Waals surface area contributed by atoms with E-state index in [1.54, 1.807) is 23.9 Å². The van der Waals surface area contributed by atoms with Gasteiger partial charge in [-0.3, -0.25) is 9.36 Å². The zero-order valence-corrected chi connectivity index (χ0v) is 11.7. The van der Waals surface area contributed by atoms with Gasteiger partial charge in [0, 0.05) is 28.9 Å². The van der Waals surface area contributed by atoms with Gasteiger partial charge in [-0.15, -0.1) is 11.3 Å². The van der Waals surface area contributed by atoms with E-state index in [0.29, 0.717) is 0 Å². The monoisotopic (exact) mass is 273 g/mol. The van der Waals surface area contributed by atoms with Crippen LogP contribution in [0.2, 0.25) is 0 Å². The Hall–Kier alpha value is -1.88. The number of amides is 1. The highest BCUT2D eigenvalue weighted by Gasteiger charge is 2.24. The van der Waals surface area contributed by atoms with E-state index in [1.165, 1.54) is 10.5 Å². The SMILES string of the molecule is CC1=C(c2ccc(-n3ccnc3)s2)CC(C)C(=O)N1. The maximum absolute atomic E-state index is 11.6. The molecular formula is C14H15N3OS. The molecule has 19 heavy (non-hydrogen) atoms. The molecule has 0 bridgehead atoms. The van der Waals surface area contributed by atoms with Crippen molar-refractivity contribution in [3.8, 4) is 5.00 Å². The van der Waals surface area contributed by atoms with E-state index < -0.39 is 0 Å².